The van der Waals surface area contributed by atoms with Crippen LogP contribution in [-0.4, -0.2) is 27.5 Å². The number of nitrogens with two attached hydrogens (primary N) is 1. The van der Waals surface area contributed by atoms with Crippen molar-refractivity contribution in [3.05, 3.63) is 59.2 Å². The van der Waals surface area contributed by atoms with Crippen molar-refractivity contribution in [1.82, 2.24) is 4.72 Å². The van der Waals surface area contributed by atoms with Crippen LogP contribution in [0.5, 0.6) is 0 Å². The number of hydrogen-bond acceptors (Lipinski definition) is 3. The van der Waals surface area contributed by atoms with Gasteiger partial charge < -0.3 is 11.1 Å². The first-order valence-corrected chi connectivity index (χ1v) is 9.47. The lowest BCUT2D eigenvalue weighted by molar-refractivity contribution is 0.581. The predicted octanol–water partition coefficient (Wildman–Crippen LogP) is 2.93. The Kier molecular flexibility index (Phi) is 8.51. The Hall–Kier alpha value is -1.65. The number of hydrogen-bond donors (Lipinski definition) is 3. The summed E-state index contributed by atoms with van der Waals surface area (Å²) in [7, 11) is -3.56. The van der Waals surface area contributed by atoms with E-state index in [-0.39, 0.29) is 43.0 Å². The molecule has 0 unspecified atom stereocenters. The van der Waals surface area contributed by atoms with Crippen molar-refractivity contribution in [2.24, 2.45) is 10.7 Å². The molecule has 0 radical (unpaired) electrons. The van der Waals surface area contributed by atoms with Gasteiger partial charge in [-0.05, 0) is 50.1 Å². The van der Waals surface area contributed by atoms with Gasteiger partial charge in [0, 0.05) is 12.2 Å². The number of aryl methyl sites for hydroxylation is 3. The normalized spacial score (nSPS) is 11.7. The third kappa shape index (κ3) is 6.58. The molecule has 2 aromatic rings. The summed E-state index contributed by atoms with van der Waals surface area (Å²) >= 11 is 0. The van der Waals surface area contributed by atoms with Crippen LogP contribution in [0.25, 0.3) is 0 Å². The highest BCUT2D eigenvalue weighted by Gasteiger charge is 2.16. The van der Waals surface area contributed by atoms with Gasteiger partial charge in [0.2, 0.25) is 10.0 Å². The number of sulfonamides is 1. The molecule has 0 saturated carbocycles. The zero-order chi connectivity index (χ0) is 18.4. The lowest BCUT2D eigenvalue weighted by Gasteiger charge is -2.10. The number of nitrogens with one attached hydrogen (secondary N) is 2. The Morgan fingerprint density at radius 1 is 1.04 bits per heavy atom. The van der Waals surface area contributed by atoms with Gasteiger partial charge in [-0.25, -0.2) is 13.1 Å². The molecular weight excluding hydrogens is 463 g/mol. The van der Waals surface area contributed by atoms with Crippen molar-refractivity contribution < 1.29 is 8.42 Å². The number of anilines is 1. The molecule has 0 atom stereocenters. The molecule has 26 heavy (non-hydrogen) atoms. The van der Waals surface area contributed by atoms with Crippen LogP contribution in [0.1, 0.15) is 16.7 Å². The number of halogens is 1. The molecule has 0 fully saturated rings. The summed E-state index contributed by atoms with van der Waals surface area (Å²) in [5.74, 6) is 0.245. The van der Waals surface area contributed by atoms with E-state index in [1.165, 1.54) is 0 Å². The molecule has 0 heterocycles. The first kappa shape index (κ1) is 22.4. The number of aliphatic imine (C=N–C) groups is 1. The van der Waals surface area contributed by atoms with Crippen molar-refractivity contribution in [1.29, 1.82) is 0 Å². The monoisotopic (exact) mass is 488 g/mol. The zero-order valence-electron chi connectivity index (χ0n) is 15.1. The minimum absolute atomic E-state index is 0. The van der Waals surface area contributed by atoms with E-state index < -0.39 is 10.0 Å². The van der Waals surface area contributed by atoms with E-state index in [4.69, 9.17) is 5.73 Å². The third-order valence-electron chi connectivity index (χ3n) is 3.64. The van der Waals surface area contributed by atoms with E-state index in [0.717, 1.165) is 16.8 Å². The molecule has 2 rings (SSSR count). The van der Waals surface area contributed by atoms with Crippen molar-refractivity contribution in [2.75, 3.05) is 18.4 Å². The van der Waals surface area contributed by atoms with Gasteiger partial charge in [-0.2, -0.15) is 0 Å². The molecule has 0 aliphatic carbocycles. The summed E-state index contributed by atoms with van der Waals surface area (Å²) in [5, 5.41) is 2.97. The van der Waals surface area contributed by atoms with Gasteiger partial charge >= 0.3 is 0 Å². The maximum Gasteiger partial charge on any atom is 0.240 e. The fourth-order valence-electron chi connectivity index (χ4n) is 2.26. The van der Waals surface area contributed by atoms with Crippen molar-refractivity contribution in [3.8, 4) is 0 Å². The van der Waals surface area contributed by atoms with Crippen LogP contribution in [0.2, 0.25) is 0 Å². The van der Waals surface area contributed by atoms with Gasteiger partial charge in [-0.1, -0.05) is 29.8 Å². The van der Waals surface area contributed by atoms with Crippen LogP contribution in [0.3, 0.4) is 0 Å². The van der Waals surface area contributed by atoms with Gasteiger partial charge in [0.05, 0.1) is 11.4 Å². The Morgan fingerprint density at radius 2 is 1.65 bits per heavy atom. The molecule has 4 N–H and O–H groups in total. The first-order chi connectivity index (χ1) is 11.8. The molecule has 0 amide bonds. The van der Waals surface area contributed by atoms with Crippen molar-refractivity contribution in [2.45, 2.75) is 25.7 Å². The van der Waals surface area contributed by atoms with E-state index in [0.29, 0.717) is 10.5 Å². The summed E-state index contributed by atoms with van der Waals surface area (Å²) in [6.07, 6.45) is 0. The Balaban J connectivity index is 0.00000338. The fourth-order valence-corrected chi connectivity index (χ4v) is 3.60. The summed E-state index contributed by atoms with van der Waals surface area (Å²) in [6, 6.07) is 13.1. The van der Waals surface area contributed by atoms with E-state index in [2.05, 4.69) is 15.0 Å². The van der Waals surface area contributed by atoms with E-state index in [1.807, 2.05) is 44.2 Å². The second kappa shape index (κ2) is 9.89. The molecular formula is C18H25IN4O2S. The van der Waals surface area contributed by atoms with Gasteiger partial charge in [0.25, 0.3) is 0 Å². The second-order valence-corrected chi connectivity index (χ2v) is 7.66. The fraction of sp³-hybridized carbons (Fsp3) is 0.278. The van der Waals surface area contributed by atoms with E-state index in [9.17, 15) is 8.42 Å². The molecule has 0 bridgehead atoms. The predicted molar refractivity (Wildman–Crippen MR) is 118 cm³/mol. The highest BCUT2D eigenvalue weighted by atomic mass is 127. The smallest absolute Gasteiger partial charge is 0.240 e. The molecule has 0 aliphatic heterocycles. The lowest BCUT2D eigenvalue weighted by Crippen LogP contribution is -2.29. The van der Waals surface area contributed by atoms with Crippen molar-refractivity contribution >= 4 is 45.6 Å². The van der Waals surface area contributed by atoms with Gasteiger partial charge in [-0.3, -0.25) is 4.99 Å². The lowest BCUT2D eigenvalue weighted by atomic mass is 10.2. The second-order valence-electron chi connectivity index (χ2n) is 5.92. The van der Waals surface area contributed by atoms with Gasteiger partial charge in [-0.15, -0.1) is 24.0 Å². The molecule has 0 saturated heterocycles. The summed E-state index contributed by atoms with van der Waals surface area (Å²) in [5.41, 5.74) is 9.41. The third-order valence-corrected chi connectivity index (χ3v) is 5.25. The average molecular weight is 488 g/mol. The molecule has 8 heteroatoms. The SMILES string of the molecule is Cc1ccc(NC(N)=NCCNS(=O)(=O)c2cc(C)ccc2C)cc1.I. The molecule has 142 valence electrons. The van der Waals surface area contributed by atoms with Crippen LogP contribution in [0.4, 0.5) is 5.69 Å². The summed E-state index contributed by atoms with van der Waals surface area (Å²) in [6.45, 7) is 6.06. The Labute approximate surface area is 172 Å². The maximum atomic E-state index is 12.4. The number of guanidine groups is 1. The Bertz CT molecular complexity index is 865. The van der Waals surface area contributed by atoms with Gasteiger partial charge in [0.15, 0.2) is 5.96 Å². The van der Waals surface area contributed by atoms with E-state index >= 15 is 0 Å². The molecule has 0 aromatic heterocycles. The number of rotatable bonds is 6. The minimum Gasteiger partial charge on any atom is -0.370 e. The summed E-state index contributed by atoms with van der Waals surface area (Å²) < 4.78 is 27.3. The van der Waals surface area contributed by atoms with Crippen molar-refractivity contribution in [3.63, 3.8) is 0 Å². The van der Waals surface area contributed by atoms with Crippen LogP contribution in [0, 0.1) is 20.8 Å². The number of benzene rings is 2. The molecule has 0 aliphatic rings. The van der Waals surface area contributed by atoms with Gasteiger partial charge in [0.1, 0.15) is 0 Å². The average Bonchev–Trinajstić information content (AvgIpc) is 2.56. The van der Waals surface area contributed by atoms with Crippen LogP contribution in [-0.2, 0) is 10.0 Å². The molecule has 6 nitrogen and oxygen atoms in total. The quantitative estimate of drug-likeness (QED) is 0.252. The molecule has 0 spiro atoms. The maximum absolute atomic E-state index is 12.4. The largest absolute Gasteiger partial charge is 0.370 e. The highest BCUT2D eigenvalue weighted by Crippen LogP contribution is 2.16. The highest BCUT2D eigenvalue weighted by molar-refractivity contribution is 14.0. The summed E-state index contributed by atoms with van der Waals surface area (Å²) in [4.78, 5) is 4.43. The standard InChI is InChI=1S/C18H24N4O2S.HI/c1-13-5-8-16(9-6-13)22-18(19)20-10-11-21-25(23,24)17-12-14(2)4-7-15(17)3;/h4-9,12,21H,10-11H2,1-3H3,(H3,19,20,22);1H. The topological polar surface area (TPSA) is 96.6 Å². The number of nitrogens with zero attached hydrogens (tertiary/aromatic N) is 1. The van der Waals surface area contributed by atoms with Crippen LogP contribution in [0.15, 0.2) is 52.4 Å². The van der Waals surface area contributed by atoms with Crippen LogP contribution >= 0.6 is 24.0 Å². The van der Waals surface area contributed by atoms with E-state index in [1.54, 1.807) is 19.1 Å². The van der Waals surface area contributed by atoms with Crippen LogP contribution < -0.4 is 15.8 Å². The molecule has 2 aromatic carbocycles. The zero-order valence-corrected chi connectivity index (χ0v) is 18.3. The minimum atomic E-state index is -3.56. The Morgan fingerprint density at radius 3 is 2.31 bits per heavy atom. The first-order valence-electron chi connectivity index (χ1n) is 7.98.